The Morgan fingerprint density at radius 3 is 2.33 bits per heavy atom. The third kappa shape index (κ3) is 6.32. The van der Waals surface area contributed by atoms with Crippen LogP contribution < -0.4 is 10.1 Å². The zero-order valence-electron chi connectivity index (χ0n) is 14.2. The van der Waals surface area contributed by atoms with Crippen LogP contribution in [0.15, 0.2) is 0 Å². The number of anilines is 1. The molecule has 0 spiro atoms. The molecule has 0 aliphatic rings. The fourth-order valence-electron chi connectivity index (χ4n) is 2.31. The number of unbranched alkanes of at least 4 members (excludes halogenated alkanes) is 5. The van der Waals surface area contributed by atoms with E-state index in [2.05, 4.69) is 29.1 Å². The van der Waals surface area contributed by atoms with E-state index in [1.807, 2.05) is 14.0 Å². The standard InChI is InChI=1S/C17H31N3O/c1-5-7-8-9-10-11-13-21-17-14(3)16(18-4)19-15(20-17)12-6-2/h5-13H2,1-4H3,(H,18,19,20). The summed E-state index contributed by atoms with van der Waals surface area (Å²) in [6, 6.07) is 0. The topological polar surface area (TPSA) is 47.0 Å². The van der Waals surface area contributed by atoms with Crippen molar-refractivity contribution >= 4 is 5.82 Å². The van der Waals surface area contributed by atoms with E-state index in [1.54, 1.807) is 0 Å². The van der Waals surface area contributed by atoms with E-state index in [9.17, 15) is 0 Å². The predicted molar refractivity (Wildman–Crippen MR) is 89.2 cm³/mol. The maximum absolute atomic E-state index is 5.88. The molecule has 1 rings (SSSR count). The first-order valence-corrected chi connectivity index (χ1v) is 8.40. The molecular weight excluding hydrogens is 262 g/mol. The monoisotopic (exact) mass is 293 g/mol. The first kappa shape index (κ1) is 17.7. The largest absolute Gasteiger partial charge is 0.477 e. The minimum absolute atomic E-state index is 0.742. The molecule has 21 heavy (non-hydrogen) atoms. The van der Waals surface area contributed by atoms with Crippen LogP contribution in [0.3, 0.4) is 0 Å². The van der Waals surface area contributed by atoms with E-state index in [1.165, 1.54) is 32.1 Å². The fraction of sp³-hybridized carbons (Fsp3) is 0.765. The van der Waals surface area contributed by atoms with Crippen molar-refractivity contribution in [3.63, 3.8) is 0 Å². The highest BCUT2D eigenvalue weighted by Gasteiger charge is 2.10. The second-order valence-electron chi connectivity index (χ2n) is 5.53. The van der Waals surface area contributed by atoms with Crippen LogP contribution in [0.2, 0.25) is 0 Å². The van der Waals surface area contributed by atoms with E-state index in [-0.39, 0.29) is 0 Å². The molecule has 0 aliphatic carbocycles. The fourth-order valence-corrected chi connectivity index (χ4v) is 2.31. The summed E-state index contributed by atoms with van der Waals surface area (Å²) in [6.07, 6.45) is 9.57. The molecule has 0 amide bonds. The van der Waals surface area contributed by atoms with Crippen LogP contribution in [0.4, 0.5) is 5.82 Å². The van der Waals surface area contributed by atoms with Crippen molar-refractivity contribution in [3.05, 3.63) is 11.4 Å². The molecule has 0 saturated heterocycles. The highest BCUT2D eigenvalue weighted by atomic mass is 16.5. The van der Waals surface area contributed by atoms with Crippen LogP contribution in [-0.4, -0.2) is 23.6 Å². The highest BCUT2D eigenvalue weighted by molar-refractivity contribution is 5.48. The molecule has 0 unspecified atom stereocenters. The van der Waals surface area contributed by atoms with Crippen molar-refractivity contribution in [1.29, 1.82) is 0 Å². The average molecular weight is 293 g/mol. The molecule has 0 aliphatic heterocycles. The van der Waals surface area contributed by atoms with Gasteiger partial charge in [0.1, 0.15) is 11.6 Å². The lowest BCUT2D eigenvalue weighted by Crippen LogP contribution is -2.08. The first-order chi connectivity index (χ1) is 10.2. The summed E-state index contributed by atoms with van der Waals surface area (Å²) in [7, 11) is 1.89. The minimum Gasteiger partial charge on any atom is -0.477 e. The minimum atomic E-state index is 0.742. The summed E-state index contributed by atoms with van der Waals surface area (Å²) < 4.78 is 5.88. The number of ether oxygens (including phenoxy) is 1. The van der Waals surface area contributed by atoms with Crippen LogP contribution in [0.25, 0.3) is 0 Å². The summed E-state index contributed by atoms with van der Waals surface area (Å²) in [6.45, 7) is 7.14. The van der Waals surface area contributed by atoms with Crippen molar-refractivity contribution < 1.29 is 4.74 Å². The van der Waals surface area contributed by atoms with E-state index in [0.29, 0.717) is 0 Å². The van der Waals surface area contributed by atoms with Crippen LogP contribution in [-0.2, 0) is 6.42 Å². The van der Waals surface area contributed by atoms with Gasteiger partial charge in [0.15, 0.2) is 0 Å². The zero-order valence-corrected chi connectivity index (χ0v) is 14.2. The summed E-state index contributed by atoms with van der Waals surface area (Å²) in [5, 5.41) is 3.13. The lowest BCUT2D eigenvalue weighted by molar-refractivity contribution is 0.290. The molecule has 0 atom stereocenters. The van der Waals surface area contributed by atoms with Crippen LogP contribution in [0.5, 0.6) is 5.88 Å². The van der Waals surface area contributed by atoms with Gasteiger partial charge in [0.05, 0.1) is 12.2 Å². The number of rotatable bonds is 11. The van der Waals surface area contributed by atoms with Crippen molar-refractivity contribution in [2.75, 3.05) is 19.0 Å². The van der Waals surface area contributed by atoms with Gasteiger partial charge in [-0.15, -0.1) is 0 Å². The second kappa shape index (κ2) is 10.4. The van der Waals surface area contributed by atoms with Crippen molar-refractivity contribution in [3.8, 4) is 5.88 Å². The van der Waals surface area contributed by atoms with Crippen LogP contribution >= 0.6 is 0 Å². The molecule has 120 valence electrons. The molecule has 1 heterocycles. The number of nitrogens with zero attached hydrogens (tertiary/aromatic N) is 2. The lowest BCUT2D eigenvalue weighted by atomic mass is 10.1. The molecule has 1 aromatic rings. The summed E-state index contributed by atoms with van der Waals surface area (Å²) in [5.41, 5.74) is 1.00. The normalized spacial score (nSPS) is 10.7. The van der Waals surface area contributed by atoms with Gasteiger partial charge >= 0.3 is 0 Å². The third-order valence-corrected chi connectivity index (χ3v) is 3.59. The van der Waals surface area contributed by atoms with E-state index in [4.69, 9.17) is 4.74 Å². The molecule has 0 fully saturated rings. The Kier molecular flexibility index (Phi) is 8.79. The molecule has 4 heteroatoms. The molecule has 0 saturated carbocycles. The van der Waals surface area contributed by atoms with E-state index in [0.717, 1.165) is 49.0 Å². The number of hydrogen-bond acceptors (Lipinski definition) is 4. The number of aromatic nitrogens is 2. The molecular formula is C17H31N3O. The van der Waals surface area contributed by atoms with Crippen LogP contribution in [0.1, 0.15) is 70.2 Å². The Morgan fingerprint density at radius 2 is 1.67 bits per heavy atom. The predicted octanol–water partition coefficient (Wildman–Crippen LogP) is 4.52. The van der Waals surface area contributed by atoms with Gasteiger partial charge < -0.3 is 10.1 Å². The highest BCUT2D eigenvalue weighted by Crippen LogP contribution is 2.22. The Labute approximate surface area is 129 Å². The Hall–Kier alpha value is -1.32. The van der Waals surface area contributed by atoms with Gasteiger partial charge in [-0.2, -0.15) is 4.98 Å². The molecule has 1 N–H and O–H groups in total. The lowest BCUT2D eigenvalue weighted by Gasteiger charge is -2.13. The van der Waals surface area contributed by atoms with Gasteiger partial charge in [0, 0.05) is 13.5 Å². The number of aryl methyl sites for hydroxylation is 1. The van der Waals surface area contributed by atoms with Gasteiger partial charge in [-0.1, -0.05) is 46.0 Å². The molecule has 0 aromatic carbocycles. The summed E-state index contributed by atoms with van der Waals surface area (Å²) >= 11 is 0. The smallest absolute Gasteiger partial charge is 0.221 e. The molecule has 1 aromatic heterocycles. The Bertz CT molecular complexity index is 407. The Morgan fingerprint density at radius 1 is 0.952 bits per heavy atom. The maximum atomic E-state index is 5.88. The molecule has 0 bridgehead atoms. The van der Waals surface area contributed by atoms with Crippen molar-refractivity contribution in [1.82, 2.24) is 9.97 Å². The first-order valence-electron chi connectivity index (χ1n) is 8.40. The average Bonchev–Trinajstić information content (AvgIpc) is 2.49. The van der Waals surface area contributed by atoms with Gasteiger partial charge in [-0.05, 0) is 19.8 Å². The summed E-state index contributed by atoms with van der Waals surface area (Å²) in [5.74, 6) is 2.49. The summed E-state index contributed by atoms with van der Waals surface area (Å²) in [4.78, 5) is 9.06. The van der Waals surface area contributed by atoms with Gasteiger partial charge in [-0.25, -0.2) is 4.98 Å². The van der Waals surface area contributed by atoms with Gasteiger partial charge in [-0.3, -0.25) is 0 Å². The second-order valence-corrected chi connectivity index (χ2v) is 5.53. The maximum Gasteiger partial charge on any atom is 0.221 e. The number of nitrogens with one attached hydrogen (secondary N) is 1. The van der Waals surface area contributed by atoms with E-state index >= 15 is 0 Å². The quantitative estimate of drug-likeness (QED) is 0.609. The van der Waals surface area contributed by atoms with Crippen molar-refractivity contribution in [2.45, 2.75) is 72.1 Å². The van der Waals surface area contributed by atoms with E-state index < -0.39 is 0 Å². The zero-order chi connectivity index (χ0) is 15.5. The molecule has 4 nitrogen and oxygen atoms in total. The van der Waals surface area contributed by atoms with Crippen molar-refractivity contribution in [2.24, 2.45) is 0 Å². The van der Waals surface area contributed by atoms with Gasteiger partial charge in [0.2, 0.25) is 5.88 Å². The van der Waals surface area contributed by atoms with Gasteiger partial charge in [0.25, 0.3) is 0 Å². The van der Waals surface area contributed by atoms with Crippen LogP contribution in [0, 0.1) is 6.92 Å². The number of hydrogen-bond donors (Lipinski definition) is 1. The third-order valence-electron chi connectivity index (χ3n) is 3.59. The Balaban J connectivity index is 2.47. The SMILES string of the molecule is CCCCCCCCOc1nc(CCC)nc(NC)c1C. The molecule has 0 radical (unpaired) electrons.